The minimum absolute atomic E-state index is 0.117. The molecule has 0 aromatic carbocycles. The van der Waals surface area contributed by atoms with E-state index in [1.165, 1.54) is 0 Å². The Labute approximate surface area is 171 Å². The lowest BCUT2D eigenvalue weighted by Crippen LogP contribution is -2.39. The lowest BCUT2D eigenvalue weighted by molar-refractivity contribution is -0.276. The molecule has 0 amide bonds. The number of aromatic nitrogens is 3. The van der Waals surface area contributed by atoms with Crippen LogP contribution in [-0.2, 0) is 6.18 Å². The Morgan fingerprint density at radius 3 is 2.39 bits per heavy atom. The average Bonchev–Trinajstić information content (AvgIpc) is 2.64. The summed E-state index contributed by atoms with van der Waals surface area (Å²) in [7, 11) is 0. The van der Waals surface area contributed by atoms with Crippen LogP contribution in [0, 0.1) is 0 Å². The molecule has 2 aromatic heterocycles. The molecule has 0 atom stereocenters. The quantitative estimate of drug-likeness (QED) is 0.390. The predicted molar refractivity (Wildman–Crippen MR) is 92.1 cm³/mol. The van der Waals surface area contributed by atoms with Gasteiger partial charge in [-0.3, -0.25) is 9.79 Å². The standard InChI is InChI=1S/C15H10ClF8N5O2/c16-6-31-8-1-9-28-11(14(19,20)21)10(12(30)29(9)27-4-8)7(2-25)3-26-5-13(17,18)15(22,23)24/h1-4H,5-6,25H2. The first-order valence-corrected chi connectivity index (χ1v) is 8.32. The number of nitrogens with zero attached hydrogens (tertiary/aromatic N) is 4. The van der Waals surface area contributed by atoms with E-state index in [0.29, 0.717) is 10.7 Å². The predicted octanol–water partition coefficient (Wildman–Crippen LogP) is 3.25. The largest absolute Gasteiger partial charge is 0.476 e. The topological polar surface area (TPSA) is 94.9 Å². The van der Waals surface area contributed by atoms with Crippen molar-refractivity contribution < 1.29 is 39.9 Å². The van der Waals surface area contributed by atoms with Gasteiger partial charge in [-0.25, -0.2) is 4.98 Å². The third kappa shape index (κ3) is 5.21. The van der Waals surface area contributed by atoms with Gasteiger partial charge in [-0.1, -0.05) is 11.6 Å². The van der Waals surface area contributed by atoms with Gasteiger partial charge in [-0.15, -0.1) is 0 Å². The Hall–Kier alpha value is -2.97. The molecule has 0 aliphatic carbocycles. The van der Waals surface area contributed by atoms with Crippen LogP contribution in [0.2, 0.25) is 0 Å². The summed E-state index contributed by atoms with van der Waals surface area (Å²) in [6.07, 6.45) is -9.69. The summed E-state index contributed by atoms with van der Waals surface area (Å²) >= 11 is 5.34. The van der Waals surface area contributed by atoms with Crippen molar-refractivity contribution in [3.63, 3.8) is 0 Å². The molecule has 0 unspecified atom stereocenters. The first kappa shape index (κ1) is 24.3. The lowest BCUT2D eigenvalue weighted by atomic mass is 10.1. The third-order valence-electron chi connectivity index (χ3n) is 3.55. The van der Waals surface area contributed by atoms with Crippen molar-refractivity contribution >= 4 is 29.0 Å². The fourth-order valence-corrected chi connectivity index (χ4v) is 2.29. The summed E-state index contributed by atoms with van der Waals surface area (Å²) in [5, 5.41) is 3.56. The van der Waals surface area contributed by atoms with E-state index in [1.807, 2.05) is 0 Å². The van der Waals surface area contributed by atoms with Crippen LogP contribution >= 0.6 is 11.6 Å². The van der Waals surface area contributed by atoms with Gasteiger partial charge in [-0.2, -0.15) is 44.7 Å². The number of alkyl halides is 9. The van der Waals surface area contributed by atoms with Crippen LogP contribution < -0.4 is 16.0 Å². The normalized spacial score (nSPS) is 13.9. The first-order chi connectivity index (χ1) is 14.2. The van der Waals surface area contributed by atoms with Crippen LogP contribution in [0.5, 0.6) is 5.75 Å². The molecule has 0 fully saturated rings. The summed E-state index contributed by atoms with van der Waals surface area (Å²) in [5.41, 5.74) is -0.847. The highest BCUT2D eigenvalue weighted by Gasteiger charge is 2.57. The number of hydrogen-bond donors (Lipinski definition) is 1. The molecule has 0 saturated carbocycles. The maximum atomic E-state index is 13.5. The zero-order chi connectivity index (χ0) is 23.6. The molecule has 2 aromatic rings. The summed E-state index contributed by atoms with van der Waals surface area (Å²) in [4.78, 5) is 18.7. The van der Waals surface area contributed by atoms with Crippen LogP contribution in [-0.4, -0.2) is 45.5 Å². The molecule has 170 valence electrons. The Bertz CT molecular complexity index is 1080. The molecule has 2 rings (SSSR count). The number of allylic oxidation sites excluding steroid dienone is 1. The van der Waals surface area contributed by atoms with Gasteiger partial charge in [0.05, 0.1) is 11.8 Å². The number of aliphatic imine (C=N–C) groups is 1. The molecule has 0 aliphatic rings. The second kappa shape index (κ2) is 8.64. The van der Waals surface area contributed by atoms with Crippen molar-refractivity contribution in [2.75, 3.05) is 12.6 Å². The second-order valence-corrected chi connectivity index (χ2v) is 5.87. The Morgan fingerprint density at radius 1 is 1.23 bits per heavy atom. The van der Waals surface area contributed by atoms with Gasteiger partial charge in [-0.05, 0) is 0 Å². The Kier molecular flexibility index (Phi) is 6.78. The van der Waals surface area contributed by atoms with Gasteiger partial charge >= 0.3 is 18.3 Å². The van der Waals surface area contributed by atoms with Crippen LogP contribution in [0.15, 0.2) is 28.3 Å². The highest BCUT2D eigenvalue weighted by molar-refractivity contribution is 6.17. The van der Waals surface area contributed by atoms with E-state index >= 15 is 0 Å². The van der Waals surface area contributed by atoms with Crippen molar-refractivity contribution in [2.45, 2.75) is 18.3 Å². The van der Waals surface area contributed by atoms with Gasteiger partial charge in [0, 0.05) is 24.1 Å². The van der Waals surface area contributed by atoms with E-state index < -0.39 is 52.9 Å². The Balaban J connectivity index is 2.63. The van der Waals surface area contributed by atoms with Gasteiger partial charge in [0.1, 0.15) is 12.3 Å². The fraction of sp³-hybridized carbons (Fsp3) is 0.333. The summed E-state index contributed by atoms with van der Waals surface area (Å²) in [6.45, 7) is -2.14. The number of hydrogen-bond acceptors (Lipinski definition) is 6. The molecule has 0 bridgehead atoms. The van der Waals surface area contributed by atoms with E-state index in [1.54, 1.807) is 0 Å². The van der Waals surface area contributed by atoms with Crippen LogP contribution in [0.4, 0.5) is 35.1 Å². The minimum atomic E-state index is -5.94. The van der Waals surface area contributed by atoms with Crippen LogP contribution in [0.3, 0.4) is 0 Å². The molecule has 31 heavy (non-hydrogen) atoms. The van der Waals surface area contributed by atoms with Crippen molar-refractivity contribution in [3.8, 4) is 5.75 Å². The molecular weight excluding hydrogens is 470 g/mol. The number of nitrogens with two attached hydrogens (primary N) is 1. The average molecular weight is 480 g/mol. The fourth-order valence-electron chi connectivity index (χ4n) is 2.16. The van der Waals surface area contributed by atoms with Gasteiger partial charge in [0.15, 0.2) is 17.4 Å². The third-order valence-corrected chi connectivity index (χ3v) is 3.66. The SMILES string of the molecule is NC=C(C=NCC(F)(F)C(F)(F)F)c1c(C(F)(F)F)nc2cc(OCCl)cnn2c1=O. The lowest BCUT2D eigenvalue weighted by Gasteiger charge is -2.17. The van der Waals surface area contributed by atoms with E-state index in [2.05, 4.69) is 15.1 Å². The molecule has 0 saturated heterocycles. The molecule has 0 aliphatic heterocycles. The van der Waals surface area contributed by atoms with Crippen molar-refractivity contribution in [3.05, 3.63) is 40.1 Å². The van der Waals surface area contributed by atoms with Crippen LogP contribution in [0.25, 0.3) is 11.2 Å². The molecule has 7 nitrogen and oxygen atoms in total. The van der Waals surface area contributed by atoms with E-state index in [0.717, 1.165) is 12.3 Å². The molecule has 2 N–H and O–H groups in total. The van der Waals surface area contributed by atoms with Gasteiger partial charge < -0.3 is 10.5 Å². The number of halogens is 9. The maximum Gasteiger partial charge on any atom is 0.455 e. The first-order valence-electron chi connectivity index (χ1n) is 7.78. The van der Waals surface area contributed by atoms with Crippen LogP contribution in [0.1, 0.15) is 11.3 Å². The van der Waals surface area contributed by atoms with E-state index in [9.17, 15) is 39.9 Å². The molecule has 0 radical (unpaired) electrons. The molecule has 0 spiro atoms. The van der Waals surface area contributed by atoms with Gasteiger partial charge in [0.2, 0.25) is 0 Å². The monoisotopic (exact) mass is 479 g/mol. The minimum Gasteiger partial charge on any atom is -0.476 e. The van der Waals surface area contributed by atoms with Crippen molar-refractivity contribution in [2.24, 2.45) is 10.7 Å². The Morgan fingerprint density at radius 2 is 1.87 bits per heavy atom. The highest BCUT2D eigenvalue weighted by atomic mass is 35.5. The van der Waals surface area contributed by atoms with E-state index in [-0.39, 0.29) is 18.0 Å². The zero-order valence-corrected chi connectivity index (χ0v) is 15.6. The van der Waals surface area contributed by atoms with Gasteiger partial charge in [0.25, 0.3) is 5.56 Å². The summed E-state index contributed by atoms with van der Waals surface area (Å²) in [6, 6.07) is 0.533. The molecule has 2 heterocycles. The number of fused-ring (bicyclic) bond motifs is 1. The summed E-state index contributed by atoms with van der Waals surface area (Å²) in [5.74, 6) is -5.37. The second-order valence-electron chi connectivity index (χ2n) is 5.65. The maximum absolute atomic E-state index is 13.5. The molecular formula is C15H10ClF8N5O2. The number of ether oxygens (including phenoxy) is 1. The van der Waals surface area contributed by atoms with E-state index in [4.69, 9.17) is 22.1 Å². The van der Waals surface area contributed by atoms with Crippen molar-refractivity contribution in [1.82, 2.24) is 14.6 Å². The van der Waals surface area contributed by atoms with Crippen molar-refractivity contribution in [1.29, 1.82) is 0 Å². The molecule has 16 heteroatoms. The smallest absolute Gasteiger partial charge is 0.455 e. The summed E-state index contributed by atoms with van der Waals surface area (Å²) < 4.78 is 108. The number of rotatable bonds is 6. The highest BCUT2D eigenvalue weighted by Crippen LogP contribution is 2.36. The zero-order valence-electron chi connectivity index (χ0n) is 14.8.